The van der Waals surface area contributed by atoms with Gasteiger partial charge >= 0.3 is 0 Å². The van der Waals surface area contributed by atoms with Gasteiger partial charge in [0.05, 0.1) is 22.4 Å². The molecule has 0 amide bonds. The molecule has 7 aromatic carbocycles. The molecule has 0 aliphatic rings. The number of furan rings is 1. The van der Waals surface area contributed by atoms with Crippen molar-refractivity contribution in [1.29, 1.82) is 0 Å². The summed E-state index contributed by atoms with van der Waals surface area (Å²) in [6, 6.07) is 56.3. The van der Waals surface area contributed by atoms with Crippen LogP contribution in [-0.4, -0.2) is 14.5 Å². The van der Waals surface area contributed by atoms with Crippen molar-refractivity contribution in [2.45, 2.75) is 106 Å². The first kappa shape index (κ1) is 41.6. The molecule has 69 heavy (non-hydrogen) atoms. The summed E-state index contributed by atoms with van der Waals surface area (Å²) >= 11 is 0. The van der Waals surface area contributed by atoms with E-state index in [-0.39, 0.29) is 53.9 Å². The number of pyridine rings is 1. The molecule has 0 saturated heterocycles. The molecule has 0 aliphatic carbocycles. The second-order valence-corrected chi connectivity index (χ2v) is 20.5. The van der Waals surface area contributed by atoms with Crippen LogP contribution >= 0.6 is 0 Å². The molecule has 3 heterocycles. The molecule has 3 aromatic heterocycles. The number of hydrogen-bond donors (Lipinski definition) is 0. The minimum Gasteiger partial charge on any atom is -0.501 e. The number of aryl methyl sites for hydroxylation is 2. The third-order valence-electron chi connectivity index (χ3n) is 12.8. The van der Waals surface area contributed by atoms with E-state index in [1.807, 2.05) is 32.9 Å². The minimum atomic E-state index is -2.23. The molecule has 351 valence electrons. The van der Waals surface area contributed by atoms with Crippen LogP contribution in [0.4, 0.5) is 0 Å². The van der Waals surface area contributed by atoms with Crippen LogP contribution < -0.4 is 0 Å². The van der Waals surface area contributed by atoms with E-state index in [4.69, 9.17) is 17.6 Å². The van der Waals surface area contributed by atoms with E-state index in [0.29, 0.717) is 16.8 Å². The van der Waals surface area contributed by atoms with Gasteiger partial charge in [-0.2, -0.15) is 0 Å². The Morgan fingerprint density at radius 3 is 1.96 bits per heavy atom. The molecule has 1 radical (unpaired) electrons. The van der Waals surface area contributed by atoms with Gasteiger partial charge in [-0.15, -0.1) is 53.6 Å². The van der Waals surface area contributed by atoms with Crippen LogP contribution in [0.3, 0.4) is 0 Å². The molecular formula is C64H63IrN3O-2. The second-order valence-electron chi connectivity index (χ2n) is 20.5. The van der Waals surface area contributed by atoms with E-state index in [1.165, 1.54) is 57.4 Å². The maximum Gasteiger partial charge on any atom is 0.121 e. The van der Waals surface area contributed by atoms with Gasteiger partial charge in [0.25, 0.3) is 0 Å². The number of rotatable bonds is 7. The number of benzene rings is 7. The molecule has 10 rings (SSSR count). The van der Waals surface area contributed by atoms with Crippen LogP contribution in [0.25, 0.3) is 83.6 Å². The van der Waals surface area contributed by atoms with Crippen molar-refractivity contribution >= 4 is 33.0 Å². The predicted molar refractivity (Wildman–Crippen MR) is 287 cm³/mol. The molecule has 0 aliphatic heterocycles. The van der Waals surface area contributed by atoms with Gasteiger partial charge in [0, 0.05) is 45.6 Å². The maximum atomic E-state index is 7.69. The SMILES string of the molecule is CC(C)c1cc(-c2ccc(C(C)(C)C)cc2)cc(C(C)C)c1-n1c(-c2[c-]ccc3c2oc2cc(-c4ccccc4)ccc23)nc2ccccc21.[2H]C([2H])([2H])c1c[c-]c(-c2cc(C(C)(C)C)c(C([2H])([2H])[2H])cn2)cc1.[Ir]. The molecule has 5 heteroatoms. The van der Waals surface area contributed by atoms with Crippen LogP contribution in [0.1, 0.15) is 123 Å². The molecule has 0 saturated carbocycles. The molecule has 0 spiro atoms. The van der Waals surface area contributed by atoms with Crippen molar-refractivity contribution in [3.8, 4) is 50.6 Å². The van der Waals surface area contributed by atoms with Gasteiger partial charge in [-0.25, -0.2) is 0 Å². The number of aromatic nitrogens is 3. The summed E-state index contributed by atoms with van der Waals surface area (Å²) in [5.74, 6) is 1.38. The van der Waals surface area contributed by atoms with Gasteiger partial charge in [0.1, 0.15) is 5.58 Å². The van der Waals surface area contributed by atoms with Crippen molar-refractivity contribution in [3.63, 3.8) is 0 Å². The molecule has 0 N–H and O–H groups in total. The fraction of sp³-hybridized carbons (Fsp3) is 0.250. The van der Waals surface area contributed by atoms with E-state index in [2.05, 4.69) is 179 Å². The molecular weight excluding hydrogens is 1020 g/mol. The van der Waals surface area contributed by atoms with E-state index in [1.54, 1.807) is 12.1 Å². The number of fused-ring (bicyclic) bond motifs is 4. The van der Waals surface area contributed by atoms with Crippen molar-refractivity contribution in [2.75, 3.05) is 0 Å². The zero-order valence-corrected chi connectivity index (χ0v) is 43.6. The fourth-order valence-corrected chi connectivity index (χ4v) is 9.09. The fourth-order valence-electron chi connectivity index (χ4n) is 9.09. The Labute approximate surface area is 431 Å². The van der Waals surface area contributed by atoms with Crippen molar-refractivity contribution < 1.29 is 32.7 Å². The van der Waals surface area contributed by atoms with E-state index in [9.17, 15) is 0 Å². The normalized spacial score (nSPS) is 13.6. The first-order chi connectivity index (χ1) is 34.9. The van der Waals surface area contributed by atoms with Gasteiger partial charge in [0.15, 0.2) is 0 Å². The molecule has 0 unspecified atom stereocenters. The van der Waals surface area contributed by atoms with Gasteiger partial charge in [-0.05, 0) is 116 Å². The van der Waals surface area contributed by atoms with Crippen LogP contribution in [0.5, 0.6) is 0 Å². The number of hydrogen-bond acceptors (Lipinski definition) is 3. The first-order valence-corrected chi connectivity index (χ1v) is 23.6. The summed E-state index contributed by atoms with van der Waals surface area (Å²) in [5.41, 5.74) is 16.5. The Morgan fingerprint density at radius 2 is 1.32 bits per heavy atom. The zero-order chi connectivity index (χ0) is 53.1. The summed E-state index contributed by atoms with van der Waals surface area (Å²) in [4.78, 5) is 9.58. The van der Waals surface area contributed by atoms with Crippen LogP contribution in [0.2, 0.25) is 0 Å². The molecule has 10 aromatic rings. The maximum absolute atomic E-state index is 7.69. The quantitative estimate of drug-likeness (QED) is 0.149. The molecule has 4 nitrogen and oxygen atoms in total. The molecule has 0 atom stereocenters. The summed E-state index contributed by atoms with van der Waals surface area (Å²) in [5, 5.41) is 2.15. The van der Waals surface area contributed by atoms with E-state index < -0.39 is 13.7 Å². The predicted octanol–water partition coefficient (Wildman–Crippen LogP) is 17.7. The zero-order valence-electron chi connectivity index (χ0n) is 47.2. The Morgan fingerprint density at radius 1 is 0.638 bits per heavy atom. The van der Waals surface area contributed by atoms with Crippen molar-refractivity contribution in [1.82, 2.24) is 14.5 Å². The van der Waals surface area contributed by atoms with Crippen LogP contribution in [0, 0.1) is 25.8 Å². The third kappa shape index (κ3) is 9.91. The van der Waals surface area contributed by atoms with Gasteiger partial charge in [-0.1, -0.05) is 172 Å². The standard InChI is InChI=1S/C47H43N2O.C17H20N.Ir/c1-29(2)39-26-34(32-20-23-35(24-21-32)47(5,6)7)27-40(30(3)4)44(39)49-42-19-12-11-18-41(42)48-46(49)38-17-13-16-37-36-25-22-33(28-43(36)50-45(37)38)31-14-9-8-10-15-31;1-12-6-8-14(9-7-12)16-10-15(17(3,4)5)13(2)11-18-16;/h8-16,18-30H,1-7H3;6-8,10-11H,1-5H3;/q2*-1;/i;1D3,2D3;. The Bertz CT molecular complexity index is 3620. The average molecular weight is 1090 g/mol. The monoisotopic (exact) mass is 1090 g/mol. The summed E-state index contributed by atoms with van der Waals surface area (Å²) in [6.45, 7) is 17.4. The number of imidazole rings is 1. The minimum absolute atomic E-state index is 0. The summed E-state index contributed by atoms with van der Waals surface area (Å²) in [7, 11) is 0. The Balaban J connectivity index is 0.000000252. The largest absolute Gasteiger partial charge is 0.501 e. The topological polar surface area (TPSA) is 43.9 Å². The van der Waals surface area contributed by atoms with Gasteiger partial charge in [0.2, 0.25) is 0 Å². The molecule has 0 bridgehead atoms. The van der Waals surface area contributed by atoms with Gasteiger partial charge in [-0.3, -0.25) is 4.98 Å². The first-order valence-electron chi connectivity index (χ1n) is 26.6. The van der Waals surface area contributed by atoms with Gasteiger partial charge < -0.3 is 14.0 Å². The molecule has 0 fully saturated rings. The van der Waals surface area contributed by atoms with Crippen LogP contribution in [-0.2, 0) is 30.9 Å². The van der Waals surface area contributed by atoms with Crippen molar-refractivity contribution in [3.05, 3.63) is 197 Å². The van der Waals surface area contributed by atoms with Crippen LogP contribution in [0.15, 0.2) is 156 Å². The van der Waals surface area contributed by atoms with Crippen molar-refractivity contribution in [2.24, 2.45) is 0 Å². The van der Waals surface area contributed by atoms with E-state index in [0.717, 1.165) is 49.9 Å². The second kappa shape index (κ2) is 19.5. The van der Waals surface area contributed by atoms with E-state index >= 15 is 0 Å². The summed E-state index contributed by atoms with van der Waals surface area (Å²) in [6.07, 6.45) is 1.38. The Kier molecular flexibility index (Phi) is 11.8. The average Bonchev–Trinajstić information content (AvgIpc) is 3.94. The summed E-state index contributed by atoms with van der Waals surface area (Å²) < 4.78 is 54.4. The number of nitrogens with zero attached hydrogens (tertiary/aromatic N) is 3. The third-order valence-corrected chi connectivity index (χ3v) is 12.8. The smallest absolute Gasteiger partial charge is 0.121 e. The Hall–Kier alpha value is -6.39. The number of para-hydroxylation sites is 2.